The van der Waals surface area contributed by atoms with Crippen molar-refractivity contribution in [2.75, 3.05) is 6.54 Å². The summed E-state index contributed by atoms with van der Waals surface area (Å²) >= 11 is 0. The zero-order valence-electron chi connectivity index (χ0n) is 19.9. The highest BCUT2D eigenvalue weighted by molar-refractivity contribution is 6.08. The average molecular weight is 525 g/mol. The first-order valence-electron chi connectivity index (χ1n) is 11.6. The topological polar surface area (TPSA) is 109 Å². The maximum Gasteiger partial charge on any atom is 0.304 e. The number of aliphatic hydroxyl groups excluding tert-OH is 1. The van der Waals surface area contributed by atoms with Crippen LogP contribution in [0.3, 0.4) is 0 Å². The van der Waals surface area contributed by atoms with Crippen molar-refractivity contribution in [3.8, 4) is 0 Å². The molecule has 11 heteroatoms. The molecule has 0 radical (unpaired) electrons. The normalized spacial score (nSPS) is 13.6. The highest BCUT2D eigenvalue weighted by Gasteiger charge is 2.24. The van der Waals surface area contributed by atoms with Gasteiger partial charge in [0, 0.05) is 37.2 Å². The Balaban J connectivity index is 1.70. The third kappa shape index (κ3) is 5.83. The van der Waals surface area contributed by atoms with Gasteiger partial charge in [-0.3, -0.25) is 29.6 Å². The zero-order chi connectivity index (χ0) is 27.4. The van der Waals surface area contributed by atoms with E-state index in [4.69, 9.17) is 0 Å². The Hall–Kier alpha value is -4.67. The molecule has 0 saturated carbocycles. The monoisotopic (exact) mass is 525 g/mol. The lowest BCUT2D eigenvalue weighted by molar-refractivity contribution is -0.137. The minimum Gasteiger partial charge on any atom is -0.503 e. The number of pyridine rings is 1. The van der Waals surface area contributed by atoms with Crippen molar-refractivity contribution in [2.24, 2.45) is 0 Å². The molecule has 2 heterocycles. The van der Waals surface area contributed by atoms with Crippen molar-refractivity contribution >= 4 is 17.6 Å². The number of hydrazine groups is 1. The fraction of sp³-hybridized carbons (Fsp3) is 0.185. The molecule has 4 rings (SSSR count). The smallest absolute Gasteiger partial charge is 0.304 e. The van der Waals surface area contributed by atoms with Crippen LogP contribution in [0.4, 0.5) is 13.2 Å². The maximum atomic E-state index is 14.3. The van der Waals surface area contributed by atoms with Crippen LogP contribution < -0.4 is 11.0 Å². The standard InChI is InChI=1S/C27H22F3N3O5/c28-20-6-2-1-5-17(20)11-16-12-18(23(34)13-24(35)26(37)31-33-10-4-9-25(33)36)27(38)32(14-16)15-19-21(29)7-3-8-22(19)30/h1-3,5-8,12-14,35H,4,9-11,15H2,(H,31,37). The summed E-state index contributed by atoms with van der Waals surface area (Å²) in [6.45, 7) is -0.336. The van der Waals surface area contributed by atoms with Gasteiger partial charge < -0.3 is 9.67 Å². The fourth-order valence-corrected chi connectivity index (χ4v) is 4.02. The second-order valence-electron chi connectivity index (χ2n) is 8.65. The summed E-state index contributed by atoms with van der Waals surface area (Å²) in [5.41, 5.74) is 0.771. The summed E-state index contributed by atoms with van der Waals surface area (Å²) in [6, 6.07) is 10.2. The van der Waals surface area contributed by atoms with Crippen molar-refractivity contribution in [1.82, 2.24) is 15.0 Å². The number of halogens is 3. The van der Waals surface area contributed by atoms with Crippen molar-refractivity contribution in [1.29, 1.82) is 0 Å². The van der Waals surface area contributed by atoms with Gasteiger partial charge in [0.05, 0.1) is 12.1 Å². The quantitative estimate of drug-likeness (QED) is 0.267. The number of allylic oxidation sites excluding steroid dienone is 1. The van der Waals surface area contributed by atoms with Gasteiger partial charge in [-0.25, -0.2) is 13.2 Å². The summed E-state index contributed by atoms with van der Waals surface area (Å²) in [6.07, 6.45) is 2.43. The van der Waals surface area contributed by atoms with E-state index in [1.807, 2.05) is 0 Å². The Bertz CT molecular complexity index is 1500. The Kier molecular flexibility index (Phi) is 7.75. The van der Waals surface area contributed by atoms with Crippen LogP contribution in [0.15, 0.2) is 71.4 Å². The van der Waals surface area contributed by atoms with Crippen LogP contribution >= 0.6 is 0 Å². The number of hydrogen-bond acceptors (Lipinski definition) is 5. The number of aliphatic hydroxyl groups is 1. The first-order valence-corrected chi connectivity index (χ1v) is 11.6. The summed E-state index contributed by atoms with van der Waals surface area (Å²) in [4.78, 5) is 50.0. The fourth-order valence-electron chi connectivity index (χ4n) is 4.02. The van der Waals surface area contributed by atoms with E-state index in [1.54, 1.807) is 6.07 Å². The lowest BCUT2D eigenvalue weighted by atomic mass is 10.0. The Morgan fingerprint density at radius 2 is 1.68 bits per heavy atom. The zero-order valence-corrected chi connectivity index (χ0v) is 19.9. The van der Waals surface area contributed by atoms with Crippen molar-refractivity contribution in [2.45, 2.75) is 25.8 Å². The molecule has 2 amide bonds. The molecule has 0 atom stereocenters. The molecule has 1 aliphatic heterocycles. The average Bonchev–Trinajstić information content (AvgIpc) is 3.28. The van der Waals surface area contributed by atoms with Crippen molar-refractivity contribution in [3.63, 3.8) is 0 Å². The van der Waals surface area contributed by atoms with Gasteiger partial charge in [0.25, 0.3) is 5.56 Å². The Labute approximate surface area is 214 Å². The largest absolute Gasteiger partial charge is 0.503 e. The molecule has 0 aliphatic carbocycles. The molecular formula is C27H22F3N3O5. The summed E-state index contributed by atoms with van der Waals surface area (Å²) < 4.78 is 43.8. The molecular weight excluding hydrogens is 503 g/mol. The van der Waals surface area contributed by atoms with Crippen LogP contribution in [-0.2, 0) is 22.6 Å². The second kappa shape index (κ2) is 11.2. The van der Waals surface area contributed by atoms with Crippen LogP contribution in [0.2, 0.25) is 0 Å². The number of nitrogens with zero attached hydrogens (tertiary/aromatic N) is 2. The van der Waals surface area contributed by atoms with E-state index in [2.05, 4.69) is 5.43 Å². The number of carbonyl (C=O) groups is 3. The van der Waals surface area contributed by atoms with E-state index in [1.165, 1.54) is 24.4 Å². The third-order valence-corrected chi connectivity index (χ3v) is 5.96. The van der Waals surface area contributed by atoms with Crippen LogP contribution in [0.25, 0.3) is 0 Å². The van der Waals surface area contributed by atoms with Gasteiger partial charge in [-0.05, 0) is 41.8 Å². The number of nitrogens with one attached hydrogen (secondary N) is 1. The van der Waals surface area contributed by atoms with Crippen LogP contribution in [0, 0.1) is 17.5 Å². The van der Waals surface area contributed by atoms with Crippen molar-refractivity contribution < 1.29 is 32.7 Å². The predicted molar refractivity (Wildman–Crippen MR) is 130 cm³/mol. The molecule has 0 bridgehead atoms. The molecule has 1 saturated heterocycles. The molecule has 196 valence electrons. The Morgan fingerprint density at radius 3 is 2.34 bits per heavy atom. The van der Waals surface area contributed by atoms with E-state index < -0.39 is 58.1 Å². The maximum absolute atomic E-state index is 14.3. The molecule has 2 N–H and O–H groups in total. The SMILES string of the molecule is O=C(NN1CCCC1=O)C(O)=CC(=O)c1cc(Cc2ccccc2F)cn(Cc2c(F)cccc2F)c1=O. The number of amides is 2. The number of benzene rings is 2. The first kappa shape index (κ1) is 26.4. The molecule has 2 aromatic carbocycles. The highest BCUT2D eigenvalue weighted by atomic mass is 19.1. The molecule has 1 fully saturated rings. The summed E-state index contributed by atoms with van der Waals surface area (Å²) in [5, 5.41) is 11.1. The lowest BCUT2D eigenvalue weighted by Crippen LogP contribution is -2.43. The molecule has 0 unspecified atom stereocenters. The third-order valence-electron chi connectivity index (χ3n) is 5.96. The highest BCUT2D eigenvalue weighted by Crippen LogP contribution is 2.17. The van der Waals surface area contributed by atoms with E-state index in [-0.39, 0.29) is 36.4 Å². The lowest BCUT2D eigenvalue weighted by Gasteiger charge is -2.16. The predicted octanol–water partition coefficient (Wildman–Crippen LogP) is 3.18. The van der Waals surface area contributed by atoms with Gasteiger partial charge in [0.15, 0.2) is 11.5 Å². The number of rotatable bonds is 8. The second-order valence-corrected chi connectivity index (χ2v) is 8.65. The van der Waals surface area contributed by atoms with Gasteiger partial charge in [-0.15, -0.1) is 0 Å². The van der Waals surface area contributed by atoms with Crippen LogP contribution in [-0.4, -0.2) is 38.8 Å². The molecule has 8 nitrogen and oxygen atoms in total. The number of carbonyl (C=O) groups excluding carboxylic acids is 3. The van der Waals surface area contributed by atoms with Crippen molar-refractivity contribution in [3.05, 3.63) is 117 Å². The molecule has 0 spiro atoms. The number of aromatic nitrogens is 1. The van der Waals surface area contributed by atoms with Crippen LogP contribution in [0.5, 0.6) is 0 Å². The number of ketones is 1. The molecule has 38 heavy (non-hydrogen) atoms. The summed E-state index contributed by atoms with van der Waals surface area (Å²) in [7, 11) is 0. The minimum absolute atomic E-state index is 0.0692. The first-order chi connectivity index (χ1) is 18.1. The minimum atomic E-state index is -1.13. The Morgan fingerprint density at radius 1 is 1.00 bits per heavy atom. The summed E-state index contributed by atoms with van der Waals surface area (Å²) in [5.74, 6) is -5.98. The molecule has 1 aromatic heterocycles. The number of hydrogen-bond donors (Lipinski definition) is 2. The van der Waals surface area contributed by atoms with Gasteiger partial charge >= 0.3 is 5.91 Å². The van der Waals surface area contributed by atoms with E-state index in [0.29, 0.717) is 12.5 Å². The molecule has 1 aliphatic rings. The van der Waals surface area contributed by atoms with Gasteiger partial charge in [-0.1, -0.05) is 24.3 Å². The van der Waals surface area contributed by atoms with Crippen LogP contribution in [0.1, 0.15) is 39.9 Å². The van der Waals surface area contributed by atoms with E-state index in [0.717, 1.165) is 33.8 Å². The van der Waals surface area contributed by atoms with Gasteiger partial charge in [0.2, 0.25) is 5.91 Å². The van der Waals surface area contributed by atoms with E-state index >= 15 is 0 Å². The molecule has 3 aromatic rings. The van der Waals surface area contributed by atoms with Gasteiger partial charge in [-0.2, -0.15) is 0 Å². The van der Waals surface area contributed by atoms with Gasteiger partial charge in [0.1, 0.15) is 17.5 Å². The van der Waals surface area contributed by atoms with E-state index in [9.17, 15) is 37.5 Å².